The minimum Gasteiger partial charge on any atom is -0.316 e. The summed E-state index contributed by atoms with van der Waals surface area (Å²) in [6, 6.07) is 0. The summed E-state index contributed by atoms with van der Waals surface area (Å²) in [5.74, 6) is 1.51. The molecule has 78 valence electrons. The van der Waals surface area contributed by atoms with E-state index in [-0.39, 0.29) is 0 Å². The molecule has 1 aromatic rings. The van der Waals surface area contributed by atoms with Crippen molar-refractivity contribution in [1.82, 2.24) is 15.3 Å². The lowest BCUT2D eigenvalue weighted by molar-refractivity contribution is 0.320. The molecule has 1 aromatic heterocycles. The van der Waals surface area contributed by atoms with Crippen molar-refractivity contribution in [3.05, 3.63) is 30.4 Å². The van der Waals surface area contributed by atoms with Crippen LogP contribution in [0.4, 0.5) is 0 Å². The zero-order chi connectivity index (χ0) is 10.1. The predicted octanol–water partition coefficient (Wildman–Crippen LogP) is 1.49. The smallest absolute Gasteiger partial charge is 0.115 e. The number of allylic oxidation sites excluding steroid dienone is 1. The van der Waals surface area contributed by atoms with Crippen molar-refractivity contribution >= 4 is 5.57 Å². The van der Waals surface area contributed by atoms with E-state index in [1.165, 1.54) is 30.5 Å². The number of rotatable bonds is 1. The van der Waals surface area contributed by atoms with Gasteiger partial charge in [-0.3, -0.25) is 0 Å². The first-order chi connectivity index (χ1) is 7.43. The number of hydrogen-bond donors (Lipinski definition) is 1. The van der Waals surface area contributed by atoms with Crippen LogP contribution < -0.4 is 5.32 Å². The van der Waals surface area contributed by atoms with Crippen LogP contribution in [0.3, 0.4) is 0 Å². The van der Waals surface area contributed by atoms with Gasteiger partial charge < -0.3 is 5.32 Å². The zero-order valence-electron chi connectivity index (χ0n) is 8.69. The van der Waals surface area contributed by atoms with Gasteiger partial charge >= 0.3 is 0 Å². The highest BCUT2D eigenvalue weighted by Gasteiger charge is 2.28. The van der Waals surface area contributed by atoms with Crippen LogP contribution in [-0.2, 0) is 0 Å². The summed E-state index contributed by atoms with van der Waals surface area (Å²) in [5, 5.41) is 3.50. The quantitative estimate of drug-likeness (QED) is 0.748. The third-order valence-corrected chi connectivity index (χ3v) is 3.45. The molecule has 3 nitrogen and oxygen atoms in total. The normalized spacial score (nSPS) is 29.7. The van der Waals surface area contributed by atoms with Crippen LogP contribution in [0.5, 0.6) is 0 Å². The second kappa shape index (κ2) is 3.74. The molecule has 3 rings (SSSR count). The van der Waals surface area contributed by atoms with Gasteiger partial charge in [-0.05, 0) is 36.8 Å². The maximum absolute atomic E-state index is 4.09. The van der Waals surface area contributed by atoms with E-state index in [1.54, 1.807) is 6.33 Å². The average Bonchev–Trinajstić information content (AvgIpc) is 2.31. The van der Waals surface area contributed by atoms with E-state index in [0.29, 0.717) is 5.92 Å². The maximum atomic E-state index is 4.09. The van der Waals surface area contributed by atoms with Crippen LogP contribution in [0.15, 0.2) is 24.8 Å². The molecule has 1 aliphatic carbocycles. The van der Waals surface area contributed by atoms with E-state index in [2.05, 4.69) is 21.4 Å². The van der Waals surface area contributed by atoms with Crippen LogP contribution in [0.2, 0.25) is 0 Å². The summed E-state index contributed by atoms with van der Waals surface area (Å²) in [6.45, 7) is 2.29. The van der Waals surface area contributed by atoms with Gasteiger partial charge in [-0.15, -0.1) is 0 Å². The molecular weight excluding hydrogens is 186 g/mol. The minimum atomic E-state index is 0.670. The van der Waals surface area contributed by atoms with E-state index in [0.717, 1.165) is 12.5 Å². The molecule has 2 bridgehead atoms. The molecule has 1 fully saturated rings. The van der Waals surface area contributed by atoms with Crippen molar-refractivity contribution in [2.24, 2.45) is 11.8 Å². The van der Waals surface area contributed by atoms with Gasteiger partial charge in [0.15, 0.2) is 0 Å². The van der Waals surface area contributed by atoms with Crippen LogP contribution in [0.1, 0.15) is 18.4 Å². The van der Waals surface area contributed by atoms with E-state index in [4.69, 9.17) is 0 Å². The Labute approximate surface area is 89.6 Å². The number of hydrogen-bond acceptors (Lipinski definition) is 3. The lowest BCUT2D eigenvalue weighted by Crippen LogP contribution is -2.38. The fraction of sp³-hybridized carbons (Fsp3) is 0.500. The Bertz CT molecular complexity index is 372. The molecule has 1 aliphatic heterocycles. The first-order valence-corrected chi connectivity index (χ1v) is 5.59. The van der Waals surface area contributed by atoms with Crippen molar-refractivity contribution in [1.29, 1.82) is 0 Å². The number of fused-ring (bicyclic) bond motifs is 2. The van der Waals surface area contributed by atoms with Crippen LogP contribution in [0.25, 0.3) is 5.57 Å². The zero-order valence-corrected chi connectivity index (χ0v) is 8.69. The lowest BCUT2D eigenvalue weighted by atomic mass is 9.76. The van der Waals surface area contributed by atoms with Crippen molar-refractivity contribution in [2.75, 3.05) is 13.1 Å². The number of aromatic nitrogens is 2. The number of nitrogens with zero attached hydrogens (tertiary/aromatic N) is 2. The molecule has 2 atom stereocenters. The molecule has 15 heavy (non-hydrogen) atoms. The topological polar surface area (TPSA) is 37.8 Å². The molecule has 0 aromatic carbocycles. The largest absolute Gasteiger partial charge is 0.316 e. The summed E-state index contributed by atoms with van der Waals surface area (Å²) in [4.78, 5) is 8.19. The van der Waals surface area contributed by atoms with Gasteiger partial charge in [0.25, 0.3) is 0 Å². The van der Waals surface area contributed by atoms with E-state index in [9.17, 15) is 0 Å². The Hall–Kier alpha value is -1.22. The van der Waals surface area contributed by atoms with Gasteiger partial charge in [-0.25, -0.2) is 9.97 Å². The Kier molecular flexibility index (Phi) is 2.25. The molecule has 2 unspecified atom stereocenters. The molecule has 0 amide bonds. The van der Waals surface area contributed by atoms with E-state index < -0.39 is 0 Å². The fourth-order valence-corrected chi connectivity index (χ4v) is 2.71. The van der Waals surface area contributed by atoms with Crippen LogP contribution in [0, 0.1) is 11.8 Å². The fourth-order valence-electron chi connectivity index (χ4n) is 2.71. The lowest BCUT2D eigenvalue weighted by Gasteiger charge is -2.35. The second-order valence-electron chi connectivity index (χ2n) is 4.48. The van der Waals surface area contributed by atoms with Crippen LogP contribution >= 0.6 is 0 Å². The van der Waals surface area contributed by atoms with Crippen molar-refractivity contribution < 1.29 is 0 Å². The number of nitrogens with one attached hydrogen (secondary N) is 1. The molecular formula is C12H15N3. The second-order valence-corrected chi connectivity index (χ2v) is 4.48. The monoisotopic (exact) mass is 201 g/mol. The van der Waals surface area contributed by atoms with Gasteiger partial charge in [0.2, 0.25) is 0 Å². The Morgan fingerprint density at radius 1 is 1.20 bits per heavy atom. The Balaban J connectivity index is 1.93. The van der Waals surface area contributed by atoms with Crippen molar-refractivity contribution in [2.45, 2.75) is 12.8 Å². The first kappa shape index (κ1) is 9.04. The predicted molar refractivity (Wildman–Crippen MR) is 59.1 cm³/mol. The number of piperidine rings is 1. The summed E-state index contributed by atoms with van der Waals surface area (Å²) < 4.78 is 0. The van der Waals surface area contributed by atoms with Gasteiger partial charge in [0.05, 0.1) is 0 Å². The van der Waals surface area contributed by atoms with E-state index >= 15 is 0 Å². The van der Waals surface area contributed by atoms with Gasteiger partial charge in [0.1, 0.15) is 6.33 Å². The summed E-state index contributed by atoms with van der Waals surface area (Å²) >= 11 is 0. The molecule has 1 saturated heterocycles. The molecule has 0 spiro atoms. The molecule has 0 saturated carbocycles. The third-order valence-electron chi connectivity index (χ3n) is 3.45. The molecule has 3 heteroatoms. The highest BCUT2D eigenvalue weighted by molar-refractivity contribution is 5.67. The molecule has 2 heterocycles. The van der Waals surface area contributed by atoms with Gasteiger partial charge in [-0.2, -0.15) is 0 Å². The highest BCUT2D eigenvalue weighted by atomic mass is 14.9. The first-order valence-electron chi connectivity index (χ1n) is 5.59. The standard InChI is InChI=1S/C12H15N3/c1-2-12(11-6-14-8-15-7-11)10-3-9(1)4-13-5-10/h2,6-10,13H,1,3-5H2. The van der Waals surface area contributed by atoms with Gasteiger partial charge in [0, 0.05) is 24.5 Å². The molecule has 2 aliphatic rings. The SMILES string of the molecule is C1=C(c2cncnc2)C2CNCC(C1)C2. The van der Waals surface area contributed by atoms with Crippen LogP contribution in [-0.4, -0.2) is 23.1 Å². The minimum absolute atomic E-state index is 0.670. The van der Waals surface area contributed by atoms with Crippen molar-refractivity contribution in [3.8, 4) is 0 Å². The Morgan fingerprint density at radius 2 is 2.07 bits per heavy atom. The summed E-state index contributed by atoms with van der Waals surface area (Å²) in [6.07, 6.45) is 10.4. The molecule has 0 radical (unpaired) electrons. The van der Waals surface area contributed by atoms with Crippen molar-refractivity contribution in [3.63, 3.8) is 0 Å². The third kappa shape index (κ3) is 1.67. The van der Waals surface area contributed by atoms with Gasteiger partial charge in [-0.1, -0.05) is 6.08 Å². The summed E-state index contributed by atoms with van der Waals surface area (Å²) in [5.41, 5.74) is 2.64. The maximum Gasteiger partial charge on any atom is 0.115 e. The average molecular weight is 201 g/mol. The van der Waals surface area contributed by atoms with E-state index in [1.807, 2.05) is 12.4 Å². The highest BCUT2D eigenvalue weighted by Crippen LogP contribution is 2.36. The summed E-state index contributed by atoms with van der Waals surface area (Å²) in [7, 11) is 0. The Morgan fingerprint density at radius 3 is 2.93 bits per heavy atom. The molecule has 1 N–H and O–H groups in total.